The van der Waals surface area contributed by atoms with Crippen LogP contribution < -0.4 is 0 Å². The lowest BCUT2D eigenvalue weighted by molar-refractivity contribution is 1.15. The minimum Gasteiger partial charge on any atom is -0.319 e. The molecule has 0 aliphatic carbocycles. The Hall–Kier alpha value is -7.86. The third-order valence-electron chi connectivity index (χ3n) is 11.1. The summed E-state index contributed by atoms with van der Waals surface area (Å²) >= 11 is 0. The maximum atomic E-state index is 8.07. The molecule has 254 valence electrons. The van der Waals surface area contributed by atoms with Gasteiger partial charge in [-0.2, -0.15) is 0 Å². The second-order valence-electron chi connectivity index (χ2n) is 14.0. The molecule has 3 aromatic heterocycles. The molecule has 11 aromatic rings. The van der Waals surface area contributed by atoms with E-state index in [9.17, 15) is 0 Å². The Morgan fingerprint density at radius 1 is 0.327 bits per heavy atom. The summed E-state index contributed by atoms with van der Waals surface area (Å²) < 4.78 is 6.89. The SMILES string of the molecule is [C-]#[N+]c1ccc2c(c1)c1ccccc1n2-c1ccc2c3ccccc3n(-c3ccc(-c4ccc([N+]#[C-])c(-n5c6ccccc6c6ccccc65)c4)cc3)c2c1. The maximum Gasteiger partial charge on any atom is 0.210 e. The molecule has 0 aliphatic rings. The van der Waals surface area contributed by atoms with E-state index in [-0.39, 0.29) is 0 Å². The van der Waals surface area contributed by atoms with Gasteiger partial charge >= 0.3 is 0 Å². The highest BCUT2D eigenvalue weighted by atomic mass is 15.0. The predicted octanol–water partition coefficient (Wildman–Crippen LogP) is 13.7. The van der Waals surface area contributed by atoms with E-state index in [0.717, 1.165) is 72.1 Å². The third kappa shape index (κ3) is 4.51. The van der Waals surface area contributed by atoms with Gasteiger partial charge in [-0.1, -0.05) is 109 Å². The fourth-order valence-electron chi connectivity index (χ4n) is 8.65. The summed E-state index contributed by atoms with van der Waals surface area (Å²) in [7, 11) is 0. The molecule has 0 N–H and O–H groups in total. The largest absolute Gasteiger partial charge is 0.319 e. The lowest BCUT2D eigenvalue weighted by Gasteiger charge is -2.14. The van der Waals surface area contributed by atoms with E-state index in [2.05, 4.69) is 181 Å². The molecule has 0 amide bonds. The molecule has 8 aromatic carbocycles. The molecule has 11 rings (SSSR count). The zero-order chi connectivity index (χ0) is 36.6. The van der Waals surface area contributed by atoms with Crippen molar-refractivity contribution in [2.75, 3.05) is 0 Å². The average Bonchev–Trinajstić information content (AvgIpc) is 3.88. The Balaban J connectivity index is 1.07. The Morgan fingerprint density at radius 3 is 1.42 bits per heavy atom. The molecule has 0 fully saturated rings. The second kappa shape index (κ2) is 11.8. The van der Waals surface area contributed by atoms with Gasteiger partial charge in [0.25, 0.3) is 0 Å². The van der Waals surface area contributed by atoms with Crippen molar-refractivity contribution in [2.24, 2.45) is 0 Å². The molecule has 3 heterocycles. The van der Waals surface area contributed by atoms with Crippen molar-refractivity contribution in [1.29, 1.82) is 0 Å². The van der Waals surface area contributed by atoms with E-state index in [0.29, 0.717) is 11.4 Å². The van der Waals surface area contributed by atoms with Gasteiger partial charge < -0.3 is 13.7 Å². The van der Waals surface area contributed by atoms with Crippen LogP contribution in [0.2, 0.25) is 0 Å². The molecule has 55 heavy (non-hydrogen) atoms. The van der Waals surface area contributed by atoms with Crippen LogP contribution in [0, 0.1) is 13.1 Å². The fraction of sp³-hybridized carbons (Fsp3) is 0. The van der Waals surface area contributed by atoms with Crippen molar-refractivity contribution in [3.8, 4) is 28.2 Å². The number of aromatic nitrogens is 3. The Labute approximate surface area is 316 Å². The number of benzene rings is 8. The van der Waals surface area contributed by atoms with Crippen LogP contribution in [0.3, 0.4) is 0 Å². The molecule has 0 saturated carbocycles. The lowest BCUT2D eigenvalue weighted by Crippen LogP contribution is -1.97. The first-order chi connectivity index (χ1) is 27.2. The summed E-state index contributed by atoms with van der Waals surface area (Å²) in [6, 6.07) is 61.5. The van der Waals surface area contributed by atoms with Crippen LogP contribution in [-0.2, 0) is 0 Å². The minimum atomic E-state index is 0.614. The first kappa shape index (κ1) is 30.7. The number of nitrogens with zero attached hydrogens (tertiary/aromatic N) is 5. The lowest BCUT2D eigenvalue weighted by atomic mass is 10.0. The zero-order valence-corrected chi connectivity index (χ0v) is 29.5. The summed E-state index contributed by atoms with van der Waals surface area (Å²) in [5, 5.41) is 6.93. The second-order valence-corrected chi connectivity index (χ2v) is 14.0. The van der Waals surface area contributed by atoms with Gasteiger partial charge in [0.1, 0.15) is 0 Å². The summed E-state index contributed by atoms with van der Waals surface area (Å²) in [4.78, 5) is 7.67. The molecular formula is C50H29N5. The van der Waals surface area contributed by atoms with Crippen LogP contribution in [0.1, 0.15) is 0 Å². The van der Waals surface area contributed by atoms with Gasteiger partial charge in [-0.05, 0) is 83.2 Å². The molecule has 0 radical (unpaired) electrons. The molecule has 0 atom stereocenters. The highest BCUT2D eigenvalue weighted by Crippen LogP contribution is 2.40. The van der Waals surface area contributed by atoms with Crippen LogP contribution >= 0.6 is 0 Å². The van der Waals surface area contributed by atoms with E-state index >= 15 is 0 Å². The normalized spacial score (nSPS) is 11.6. The first-order valence-electron chi connectivity index (χ1n) is 18.3. The van der Waals surface area contributed by atoms with Crippen LogP contribution in [0.15, 0.2) is 176 Å². The highest BCUT2D eigenvalue weighted by Gasteiger charge is 2.18. The van der Waals surface area contributed by atoms with Crippen molar-refractivity contribution in [3.63, 3.8) is 0 Å². The quantitative estimate of drug-likeness (QED) is 0.163. The molecule has 0 bridgehead atoms. The summed E-state index contributed by atoms with van der Waals surface area (Å²) in [5.74, 6) is 0. The Bertz CT molecular complexity index is 3400. The van der Waals surface area contributed by atoms with Crippen LogP contribution in [0.4, 0.5) is 11.4 Å². The van der Waals surface area contributed by atoms with Gasteiger partial charge in [0, 0.05) is 38.3 Å². The van der Waals surface area contributed by atoms with Gasteiger partial charge in [-0.25, -0.2) is 9.69 Å². The fourth-order valence-corrected chi connectivity index (χ4v) is 8.65. The van der Waals surface area contributed by atoms with Crippen LogP contribution in [0.5, 0.6) is 0 Å². The maximum absolute atomic E-state index is 8.07. The number of hydrogen-bond acceptors (Lipinski definition) is 0. The first-order valence-corrected chi connectivity index (χ1v) is 18.3. The molecule has 0 unspecified atom stereocenters. The molecule has 5 heteroatoms. The minimum absolute atomic E-state index is 0.614. The number of para-hydroxylation sites is 4. The van der Waals surface area contributed by atoms with Gasteiger partial charge in [-0.3, -0.25) is 0 Å². The highest BCUT2D eigenvalue weighted by molar-refractivity contribution is 6.13. The van der Waals surface area contributed by atoms with Crippen molar-refractivity contribution in [2.45, 2.75) is 0 Å². The van der Waals surface area contributed by atoms with Crippen molar-refractivity contribution >= 4 is 76.8 Å². The van der Waals surface area contributed by atoms with E-state index in [1.807, 2.05) is 18.2 Å². The van der Waals surface area contributed by atoms with Gasteiger partial charge in [0.2, 0.25) is 5.69 Å². The number of fused-ring (bicyclic) bond motifs is 9. The summed E-state index contributed by atoms with van der Waals surface area (Å²) in [5.41, 5.74) is 13.0. The molecular weight excluding hydrogens is 671 g/mol. The summed E-state index contributed by atoms with van der Waals surface area (Å²) in [6.07, 6.45) is 0. The monoisotopic (exact) mass is 699 g/mol. The van der Waals surface area contributed by atoms with E-state index in [4.69, 9.17) is 13.1 Å². The van der Waals surface area contributed by atoms with Crippen molar-refractivity contribution in [3.05, 3.63) is 199 Å². The Morgan fingerprint density at radius 2 is 0.818 bits per heavy atom. The van der Waals surface area contributed by atoms with Crippen LogP contribution in [-0.4, -0.2) is 13.7 Å². The van der Waals surface area contributed by atoms with Crippen molar-refractivity contribution < 1.29 is 0 Å². The Kier molecular flexibility index (Phi) is 6.61. The van der Waals surface area contributed by atoms with Crippen LogP contribution in [0.25, 0.3) is 103 Å². The standard InChI is InChI=1S/C50H29N5/c1-51-34-22-28-48-42(30-34)40-14-6-8-16-45(40)54(48)36-25-26-41-39-13-3-7-15-44(39)53(49(41)31-36)35-23-19-32(20-24-35)33-21-27-43(52-2)50(29-33)55-46-17-9-4-11-37(46)38-12-5-10-18-47(38)55/h3-31H. The third-order valence-corrected chi connectivity index (χ3v) is 11.1. The zero-order valence-electron chi connectivity index (χ0n) is 29.5. The van der Waals surface area contributed by atoms with E-state index < -0.39 is 0 Å². The van der Waals surface area contributed by atoms with E-state index in [1.54, 1.807) is 0 Å². The molecule has 0 saturated heterocycles. The average molecular weight is 700 g/mol. The number of hydrogen-bond donors (Lipinski definition) is 0. The van der Waals surface area contributed by atoms with Gasteiger partial charge in [0.15, 0.2) is 5.69 Å². The van der Waals surface area contributed by atoms with Gasteiger partial charge in [-0.15, -0.1) is 0 Å². The van der Waals surface area contributed by atoms with Crippen molar-refractivity contribution in [1.82, 2.24) is 13.7 Å². The molecule has 0 aliphatic heterocycles. The number of rotatable bonds is 4. The van der Waals surface area contributed by atoms with E-state index in [1.165, 1.54) is 21.5 Å². The topological polar surface area (TPSA) is 23.5 Å². The molecule has 0 spiro atoms. The smallest absolute Gasteiger partial charge is 0.210 e. The predicted molar refractivity (Wildman–Crippen MR) is 227 cm³/mol. The molecule has 5 nitrogen and oxygen atoms in total. The summed E-state index contributed by atoms with van der Waals surface area (Å²) in [6.45, 7) is 15.7. The van der Waals surface area contributed by atoms with Gasteiger partial charge in [0.05, 0.1) is 51.9 Å².